The molecule has 166 valence electrons. The van der Waals surface area contributed by atoms with Gasteiger partial charge in [0.2, 0.25) is 5.91 Å². The van der Waals surface area contributed by atoms with E-state index < -0.39 is 0 Å². The van der Waals surface area contributed by atoms with Gasteiger partial charge in [-0.1, -0.05) is 30.3 Å². The number of rotatable bonds is 8. The zero-order valence-electron chi connectivity index (χ0n) is 18.2. The van der Waals surface area contributed by atoms with Crippen LogP contribution in [-0.4, -0.2) is 47.0 Å². The molecule has 4 rings (SSSR count). The van der Waals surface area contributed by atoms with Crippen molar-refractivity contribution in [1.82, 2.24) is 19.8 Å². The molecule has 0 radical (unpaired) electrons. The number of ether oxygens (including phenoxy) is 2. The van der Waals surface area contributed by atoms with Crippen LogP contribution in [0.5, 0.6) is 11.5 Å². The number of benzene rings is 2. The van der Waals surface area contributed by atoms with Crippen LogP contribution in [0.4, 0.5) is 0 Å². The summed E-state index contributed by atoms with van der Waals surface area (Å²) in [4.78, 5) is 31.7. The molecule has 0 saturated heterocycles. The van der Waals surface area contributed by atoms with Gasteiger partial charge in [-0.05, 0) is 23.8 Å². The number of nitrogens with one attached hydrogen (secondary N) is 1. The number of hydrogen-bond acceptors (Lipinski definition) is 5. The molecule has 8 nitrogen and oxygen atoms in total. The minimum Gasteiger partial charge on any atom is -0.497 e. The van der Waals surface area contributed by atoms with E-state index in [2.05, 4.69) is 10.3 Å². The summed E-state index contributed by atoms with van der Waals surface area (Å²) in [5, 5.41) is 2.88. The van der Waals surface area contributed by atoms with Crippen molar-refractivity contribution in [3.8, 4) is 11.5 Å². The Bertz CT molecular complexity index is 1110. The Kier molecular flexibility index (Phi) is 6.39. The third kappa shape index (κ3) is 4.74. The quantitative estimate of drug-likeness (QED) is 0.589. The average Bonchev–Trinajstić information content (AvgIpc) is 3.24. The maximum Gasteiger partial charge on any atom is 0.290 e. The molecular weight excluding hydrogens is 408 g/mol. The molecule has 2 amide bonds. The Morgan fingerprint density at radius 2 is 1.91 bits per heavy atom. The van der Waals surface area contributed by atoms with Gasteiger partial charge in [0.1, 0.15) is 11.5 Å². The number of fused-ring (bicyclic) bond motifs is 1. The van der Waals surface area contributed by atoms with E-state index in [0.717, 1.165) is 11.1 Å². The highest BCUT2D eigenvalue weighted by atomic mass is 16.5. The lowest BCUT2D eigenvalue weighted by molar-refractivity contribution is -0.120. The third-order valence-electron chi connectivity index (χ3n) is 5.44. The first-order chi connectivity index (χ1) is 15.6. The van der Waals surface area contributed by atoms with Crippen molar-refractivity contribution < 1.29 is 19.1 Å². The van der Waals surface area contributed by atoms with Crippen LogP contribution >= 0.6 is 0 Å². The van der Waals surface area contributed by atoms with Gasteiger partial charge in [-0.15, -0.1) is 0 Å². The highest BCUT2D eigenvalue weighted by molar-refractivity contribution is 5.91. The molecule has 3 aromatic rings. The SMILES string of the molecule is COc1ccc(OC)c(CC(=O)NCc2cn3c(n2)C(=O)N(Cc2ccccc2)CC3)c1. The fourth-order valence-corrected chi connectivity index (χ4v) is 3.77. The summed E-state index contributed by atoms with van der Waals surface area (Å²) in [6.07, 6.45) is 1.98. The predicted octanol–water partition coefficient (Wildman–Crippen LogP) is 2.42. The van der Waals surface area contributed by atoms with E-state index in [1.54, 1.807) is 37.3 Å². The van der Waals surface area contributed by atoms with Gasteiger partial charge in [-0.3, -0.25) is 9.59 Å². The second kappa shape index (κ2) is 9.55. The number of imidazole rings is 1. The van der Waals surface area contributed by atoms with Gasteiger partial charge in [0.05, 0.1) is 32.9 Å². The molecule has 1 aromatic heterocycles. The molecule has 0 unspecified atom stereocenters. The summed E-state index contributed by atoms with van der Waals surface area (Å²) < 4.78 is 12.4. The molecule has 2 aromatic carbocycles. The van der Waals surface area contributed by atoms with Gasteiger partial charge in [0.15, 0.2) is 5.82 Å². The van der Waals surface area contributed by atoms with Crippen LogP contribution < -0.4 is 14.8 Å². The Balaban J connectivity index is 1.37. The normalized spacial score (nSPS) is 12.9. The van der Waals surface area contributed by atoms with E-state index in [0.29, 0.717) is 42.7 Å². The molecule has 2 heterocycles. The van der Waals surface area contributed by atoms with Crippen molar-refractivity contribution in [2.45, 2.75) is 26.1 Å². The zero-order valence-corrected chi connectivity index (χ0v) is 18.2. The van der Waals surface area contributed by atoms with Crippen LogP contribution in [0.2, 0.25) is 0 Å². The summed E-state index contributed by atoms with van der Waals surface area (Å²) in [7, 11) is 3.14. The highest BCUT2D eigenvalue weighted by Gasteiger charge is 2.27. The number of nitrogens with zero attached hydrogens (tertiary/aromatic N) is 3. The first-order valence-electron chi connectivity index (χ1n) is 10.4. The van der Waals surface area contributed by atoms with Crippen LogP contribution in [0, 0.1) is 0 Å². The lowest BCUT2D eigenvalue weighted by Crippen LogP contribution is -2.39. The van der Waals surface area contributed by atoms with E-state index >= 15 is 0 Å². The predicted molar refractivity (Wildman–Crippen MR) is 119 cm³/mol. The Hall–Kier alpha value is -3.81. The highest BCUT2D eigenvalue weighted by Crippen LogP contribution is 2.24. The third-order valence-corrected chi connectivity index (χ3v) is 5.44. The average molecular weight is 434 g/mol. The summed E-state index contributed by atoms with van der Waals surface area (Å²) >= 11 is 0. The molecule has 1 aliphatic rings. The van der Waals surface area contributed by atoms with Gasteiger partial charge in [-0.2, -0.15) is 0 Å². The molecule has 0 aliphatic carbocycles. The van der Waals surface area contributed by atoms with Crippen LogP contribution in [0.3, 0.4) is 0 Å². The maximum absolute atomic E-state index is 12.9. The zero-order chi connectivity index (χ0) is 22.5. The van der Waals surface area contributed by atoms with E-state index in [1.807, 2.05) is 41.1 Å². The monoisotopic (exact) mass is 434 g/mol. The van der Waals surface area contributed by atoms with E-state index in [1.165, 1.54) is 0 Å². The molecule has 0 saturated carbocycles. The van der Waals surface area contributed by atoms with Crippen LogP contribution in [-0.2, 0) is 30.8 Å². The molecular formula is C24H26N4O4. The Morgan fingerprint density at radius 1 is 1.09 bits per heavy atom. The van der Waals surface area contributed by atoms with Crippen molar-refractivity contribution in [2.75, 3.05) is 20.8 Å². The number of carbonyl (C=O) groups excluding carboxylic acids is 2. The maximum atomic E-state index is 12.9. The summed E-state index contributed by atoms with van der Waals surface area (Å²) in [5.41, 5.74) is 2.47. The minimum atomic E-state index is -0.167. The smallest absolute Gasteiger partial charge is 0.290 e. The molecule has 1 N–H and O–H groups in total. The summed E-state index contributed by atoms with van der Waals surface area (Å²) in [6, 6.07) is 15.2. The van der Waals surface area contributed by atoms with Crippen molar-refractivity contribution >= 4 is 11.8 Å². The van der Waals surface area contributed by atoms with Gasteiger partial charge < -0.3 is 24.3 Å². The van der Waals surface area contributed by atoms with Crippen molar-refractivity contribution in [3.63, 3.8) is 0 Å². The van der Waals surface area contributed by atoms with Crippen LogP contribution in [0.25, 0.3) is 0 Å². The van der Waals surface area contributed by atoms with Crippen LogP contribution in [0.1, 0.15) is 27.4 Å². The van der Waals surface area contributed by atoms with Gasteiger partial charge >= 0.3 is 0 Å². The first-order valence-corrected chi connectivity index (χ1v) is 10.4. The van der Waals surface area contributed by atoms with Crippen LogP contribution in [0.15, 0.2) is 54.7 Å². The second-order valence-corrected chi connectivity index (χ2v) is 7.59. The molecule has 0 fully saturated rings. The lowest BCUT2D eigenvalue weighted by atomic mass is 10.1. The van der Waals surface area contributed by atoms with E-state index in [9.17, 15) is 9.59 Å². The number of amides is 2. The topological polar surface area (TPSA) is 85.7 Å². The Labute approximate surface area is 186 Å². The molecule has 8 heteroatoms. The summed E-state index contributed by atoms with van der Waals surface area (Å²) in [5.74, 6) is 1.43. The summed E-state index contributed by atoms with van der Waals surface area (Å²) in [6.45, 7) is 2.10. The lowest BCUT2D eigenvalue weighted by Gasteiger charge is -2.27. The minimum absolute atomic E-state index is 0.0983. The van der Waals surface area contributed by atoms with Gasteiger partial charge in [-0.25, -0.2) is 4.98 Å². The molecule has 0 bridgehead atoms. The molecule has 0 atom stereocenters. The number of hydrogen-bond donors (Lipinski definition) is 1. The number of carbonyl (C=O) groups is 2. The molecule has 32 heavy (non-hydrogen) atoms. The van der Waals surface area contributed by atoms with Crippen molar-refractivity contribution in [2.24, 2.45) is 0 Å². The van der Waals surface area contributed by atoms with E-state index in [-0.39, 0.29) is 24.8 Å². The fraction of sp³-hybridized carbons (Fsp3) is 0.292. The number of methoxy groups -OCH3 is 2. The second-order valence-electron chi connectivity index (χ2n) is 7.59. The largest absolute Gasteiger partial charge is 0.497 e. The van der Waals surface area contributed by atoms with Crippen molar-refractivity contribution in [3.05, 3.63) is 77.4 Å². The first kappa shape index (κ1) is 21.4. The number of aromatic nitrogens is 2. The van der Waals surface area contributed by atoms with Crippen molar-refractivity contribution in [1.29, 1.82) is 0 Å². The van der Waals surface area contributed by atoms with Gasteiger partial charge in [0, 0.05) is 31.4 Å². The van der Waals surface area contributed by atoms with Gasteiger partial charge in [0.25, 0.3) is 5.91 Å². The molecule has 1 aliphatic heterocycles. The fourth-order valence-electron chi connectivity index (χ4n) is 3.77. The Morgan fingerprint density at radius 3 is 2.66 bits per heavy atom. The van der Waals surface area contributed by atoms with E-state index in [4.69, 9.17) is 9.47 Å². The molecule has 0 spiro atoms. The standard InChI is InChI=1S/C24H26N4O4/c1-31-20-8-9-21(32-2)18(12-20)13-22(29)25-14-19-16-27-10-11-28(24(30)23(27)26-19)15-17-6-4-3-5-7-17/h3-9,12,16H,10-11,13-15H2,1-2H3,(H,25,29).